The van der Waals surface area contributed by atoms with Crippen LogP contribution in [0.3, 0.4) is 0 Å². The lowest BCUT2D eigenvalue weighted by Crippen LogP contribution is -2.32. The highest BCUT2D eigenvalue weighted by Gasteiger charge is 2.32. The van der Waals surface area contributed by atoms with Crippen molar-refractivity contribution in [2.45, 2.75) is 53.1 Å². The molecular weight excluding hydrogens is 515 g/mol. The topological polar surface area (TPSA) is 70.2 Å². The van der Waals surface area contributed by atoms with Crippen LogP contribution in [0.1, 0.15) is 48.7 Å². The first-order valence-electron chi connectivity index (χ1n) is 14.4. The van der Waals surface area contributed by atoms with Gasteiger partial charge in [0, 0.05) is 36.1 Å². The molecule has 8 heteroatoms. The number of nitrogens with one attached hydrogen (secondary N) is 1. The first-order valence-corrected chi connectivity index (χ1v) is 14.4. The van der Waals surface area contributed by atoms with E-state index in [4.69, 9.17) is 14.7 Å². The molecule has 1 aliphatic carbocycles. The molecule has 41 heavy (non-hydrogen) atoms. The van der Waals surface area contributed by atoms with Crippen molar-refractivity contribution in [1.29, 1.82) is 0 Å². The highest BCUT2D eigenvalue weighted by Crippen LogP contribution is 2.39. The van der Waals surface area contributed by atoms with Crippen molar-refractivity contribution in [2.75, 3.05) is 24.6 Å². The number of aromatic amines is 1. The second-order valence-corrected chi connectivity index (χ2v) is 12.2. The number of hydrogen-bond donors (Lipinski definition) is 1. The van der Waals surface area contributed by atoms with Crippen LogP contribution in [-0.2, 0) is 25.9 Å². The van der Waals surface area contributed by atoms with Gasteiger partial charge in [-0.3, -0.25) is 0 Å². The summed E-state index contributed by atoms with van der Waals surface area (Å²) in [5.74, 6) is 3.32. The van der Waals surface area contributed by atoms with Crippen LogP contribution in [0.25, 0.3) is 22.2 Å². The molecule has 7 nitrogen and oxygen atoms in total. The van der Waals surface area contributed by atoms with Crippen molar-refractivity contribution in [1.82, 2.24) is 24.8 Å². The number of benzene rings is 2. The quantitative estimate of drug-likeness (QED) is 0.316. The van der Waals surface area contributed by atoms with Gasteiger partial charge in [-0.2, -0.15) is 0 Å². The second-order valence-electron chi connectivity index (χ2n) is 12.2. The minimum Gasteiger partial charge on any atom is -0.491 e. The van der Waals surface area contributed by atoms with E-state index < -0.39 is 0 Å². The van der Waals surface area contributed by atoms with E-state index in [2.05, 4.69) is 65.1 Å². The van der Waals surface area contributed by atoms with Crippen molar-refractivity contribution in [2.24, 2.45) is 5.41 Å². The van der Waals surface area contributed by atoms with E-state index in [0.29, 0.717) is 26.2 Å². The van der Waals surface area contributed by atoms with Crippen LogP contribution in [0.4, 0.5) is 10.2 Å². The van der Waals surface area contributed by atoms with Gasteiger partial charge in [0.1, 0.15) is 35.6 Å². The molecule has 4 heterocycles. The predicted octanol–water partition coefficient (Wildman–Crippen LogP) is 6.42. The lowest BCUT2D eigenvalue weighted by atomic mass is 9.76. The highest BCUT2D eigenvalue weighted by atomic mass is 19.1. The van der Waals surface area contributed by atoms with Crippen LogP contribution in [-0.4, -0.2) is 44.5 Å². The Bertz CT molecular complexity index is 1700. The molecule has 0 atom stereocenters. The van der Waals surface area contributed by atoms with Gasteiger partial charge < -0.3 is 19.5 Å². The molecule has 0 unspecified atom stereocenters. The van der Waals surface area contributed by atoms with Crippen LogP contribution in [0.5, 0.6) is 5.75 Å². The van der Waals surface area contributed by atoms with E-state index >= 15 is 0 Å². The van der Waals surface area contributed by atoms with Gasteiger partial charge in [-0.25, -0.2) is 19.3 Å². The summed E-state index contributed by atoms with van der Waals surface area (Å²) >= 11 is 0. The summed E-state index contributed by atoms with van der Waals surface area (Å²) in [6, 6.07) is 12.8. The van der Waals surface area contributed by atoms with Crippen LogP contribution in [0.2, 0.25) is 0 Å². The summed E-state index contributed by atoms with van der Waals surface area (Å²) in [5.41, 5.74) is 7.98. The van der Waals surface area contributed by atoms with Gasteiger partial charge in [0.25, 0.3) is 0 Å². The van der Waals surface area contributed by atoms with Gasteiger partial charge in [-0.1, -0.05) is 32.1 Å². The Morgan fingerprint density at radius 2 is 1.93 bits per heavy atom. The molecule has 0 fully saturated rings. The number of rotatable bonds is 4. The third kappa shape index (κ3) is 5.19. The normalized spacial score (nSPS) is 18.0. The molecule has 0 saturated carbocycles. The predicted molar refractivity (Wildman–Crippen MR) is 159 cm³/mol. The van der Waals surface area contributed by atoms with Crippen molar-refractivity contribution in [3.8, 4) is 16.9 Å². The zero-order chi connectivity index (χ0) is 28.1. The Morgan fingerprint density at radius 3 is 2.80 bits per heavy atom. The zero-order valence-corrected chi connectivity index (χ0v) is 23.9. The molecule has 0 amide bonds. The number of allylic oxidation sites excluding steroid dienone is 2. The van der Waals surface area contributed by atoms with Crippen LogP contribution in [0, 0.1) is 12.3 Å². The van der Waals surface area contributed by atoms with Gasteiger partial charge in [0.05, 0.1) is 24.1 Å². The monoisotopic (exact) mass is 550 g/mol. The molecule has 0 saturated heterocycles. The second kappa shape index (κ2) is 10.0. The molecular formula is C33H35FN6O. The number of nitrogens with zero attached hydrogens (tertiary/aromatic N) is 5. The van der Waals surface area contributed by atoms with Crippen molar-refractivity contribution >= 4 is 16.9 Å². The number of anilines is 1. The first-order chi connectivity index (χ1) is 19.8. The Hall–Kier alpha value is -4.20. The standard InChI is InChI=1S/C33H35FN6O/c1-21-35-28-8-6-23(16-29(28)36-21)22-7-9-30-24(15-22)18-40(13-14-41-30)32-26-17-33(2,3)11-10-27(26)37-31(38-32)20-39-12-4-5-25(34)19-39/h4-9,15-16,19H,10-14,17-18,20H2,1-3H3,(H,35,36). The van der Waals surface area contributed by atoms with E-state index in [-0.39, 0.29) is 11.2 Å². The van der Waals surface area contributed by atoms with Gasteiger partial charge >= 0.3 is 0 Å². The number of fused-ring (bicyclic) bond motifs is 3. The number of aromatic nitrogens is 4. The maximum Gasteiger partial charge on any atom is 0.150 e. The molecule has 0 spiro atoms. The summed E-state index contributed by atoms with van der Waals surface area (Å²) in [6.07, 6.45) is 7.84. The fourth-order valence-electron chi connectivity index (χ4n) is 6.25. The number of aryl methyl sites for hydroxylation is 2. The van der Waals surface area contributed by atoms with Crippen LogP contribution in [0.15, 0.2) is 60.6 Å². The summed E-state index contributed by atoms with van der Waals surface area (Å²) in [6.45, 7) is 9.75. The smallest absolute Gasteiger partial charge is 0.150 e. The lowest BCUT2D eigenvalue weighted by molar-refractivity contribution is 0.308. The maximum absolute atomic E-state index is 13.9. The highest BCUT2D eigenvalue weighted by molar-refractivity contribution is 5.82. The van der Waals surface area contributed by atoms with Crippen molar-refractivity contribution in [3.63, 3.8) is 0 Å². The molecule has 0 radical (unpaired) electrons. The van der Waals surface area contributed by atoms with E-state index in [0.717, 1.165) is 82.4 Å². The zero-order valence-electron chi connectivity index (χ0n) is 23.9. The maximum atomic E-state index is 13.9. The van der Waals surface area contributed by atoms with Crippen molar-refractivity contribution in [3.05, 3.63) is 89.0 Å². The minimum absolute atomic E-state index is 0.188. The third-order valence-corrected chi connectivity index (χ3v) is 8.35. The first kappa shape index (κ1) is 25.7. The summed E-state index contributed by atoms with van der Waals surface area (Å²) in [7, 11) is 0. The van der Waals surface area contributed by atoms with Crippen LogP contribution >= 0.6 is 0 Å². The molecule has 7 rings (SSSR count). The Kier molecular flexibility index (Phi) is 6.29. The number of hydrogen-bond acceptors (Lipinski definition) is 6. The lowest BCUT2D eigenvalue weighted by Gasteiger charge is -2.34. The molecule has 4 aromatic rings. The molecule has 0 bridgehead atoms. The van der Waals surface area contributed by atoms with E-state index in [9.17, 15) is 4.39 Å². The molecule has 2 aromatic carbocycles. The number of ether oxygens (including phenoxy) is 1. The fraction of sp³-hybridized carbons (Fsp3) is 0.364. The van der Waals surface area contributed by atoms with Crippen LogP contribution < -0.4 is 9.64 Å². The van der Waals surface area contributed by atoms with Gasteiger partial charge in [0.15, 0.2) is 0 Å². The molecule has 1 N–H and O–H groups in total. The van der Waals surface area contributed by atoms with Crippen molar-refractivity contribution < 1.29 is 9.13 Å². The third-order valence-electron chi connectivity index (χ3n) is 8.35. The van der Waals surface area contributed by atoms with E-state index in [1.165, 1.54) is 11.6 Å². The number of halogens is 1. The largest absolute Gasteiger partial charge is 0.491 e. The molecule has 2 aliphatic heterocycles. The Morgan fingerprint density at radius 1 is 1.07 bits per heavy atom. The van der Waals surface area contributed by atoms with Gasteiger partial charge in [-0.05, 0) is 73.1 Å². The summed E-state index contributed by atoms with van der Waals surface area (Å²) < 4.78 is 20.2. The van der Waals surface area contributed by atoms with Gasteiger partial charge in [0.2, 0.25) is 0 Å². The molecule has 2 aromatic heterocycles. The number of imidazole rings is 1. The van der Waals surface area contributed by atoms with E-state index in [1.54, 1.807) is 6.20 Å². The molecule has 210 valence electrons. The molecule has 3 aliphatic rings. The Balaban J connectivity index is 1.24. The SMILES string of the molecule is Cc1nc2ccc(-c3ccc4c(c3)CN(c3nc(CN5C=C(F)C=CC5)nc5c3CC(C)(C)CC5)CCO4)cc2[nH]1. The summed E-state index contributed by atoms with van der Waals surface area (Å²) in [4.78, 5) is 22.3. The minimum atomic E-state index is -0.241. The number of H-pyrrole nitrogens is 1. The average Bonchev–Trinajstić information content (AvgIpc) is 3.18. The fourth-order valence-corrected chi connectivity index (χ4v) is 6.25. The Labute approximate surface area is 239 Å². The van der Waals surface area contributed by atoms with E-state index in [1.807, 2.05) is 17.9 Å². The average molecular weight is 551 g/mol. The van der Waals surface area contributed by atoms with Gasteiger partial charge in [-0.15, -0.1) is 0 Å². The summed E-state index contributed by atoms with van der Waals surface area (Å²) in [5, 5.41) is 0.